The van der Waals surface area contributed by atoms with Crippen LogP contribution in [0, 0.1) is 21.4 Å². The van der Waals surface area contributed by atoms with Crippen molar-refractivity contribution in [1.29, 1.82) is 5.26 Å². The summed E-state index contributed by atoms with van der Waals surface area (Å²) >= 11 is 0. The molecule has 11 nitrogen and oxygen atoms in total. The highest BCUT2D eigenvalue weighted by Gasteiger charge is 2.19. The number of hydrogen-bond donors (Lipinski definition) is 3. The minimum atomic E-state index is -1.40. The lowest BCUT2D eigenvalue weighted by molar-refractivity contribution is -0.385. The molecule has 3 N–H and O–H groups in total. The van der Waals surface area contributed by atoms with E-state index >= 15 is 0 Å². The van der Waals surface area contributed by atoms with Crippen molar-refractivity contribution < 1.29 is 14.8 Å². The number of aromatic amines is 1. The van der Waals surface area contributed by atoms with Gasteiger partial charge >= 0.3 is 5.97 Å². The fourth-order valence-corrected chi connectivity index (χ4v) is 1.53. The van der Waals surface area contributed by atoms with E-state index in [0.29, 0.717) is 0 Å². The molecule has 1 aromatic carbocycles. The van der Waals surface area contributed by atoms with Crippen LogP contribution in [0.5, 0.6) is 0 Å². The Kier molecular flexibility index (Phi) is 4.04. The van der Waals surface area contributed by atoms with Crippen molar-refractivity contribution in [2.45, 2.75) is 0 Å². The summed E-state index contributed by atoms with van der Waals surface area (Å²) in [5.74, 6) is -1.36. The van der Waals surface area contributed by atoms with E-state index in [4.69, 9.17) is 10.4 Å². The molecular formula is C11H7N7O4. The van der Waals surface area contributed by atoms with Gasteiger partial charge in [0.15, 0.2) is 0 Å². The maximum Gasteiger partial charge on any atom is 0.342 e. The number of nitrogens with zero attached hydrogens (tertiary/aromatic N) is 5. The predicted octanol–water partition coefficient (Wildman–Crippen LogP) is 0.783. The molecule has 0 fully saturated rings. The average Bonchev–Trinajstić information content (AvgIpc) is 3.01. The van der Waals surface area contributed by atoms with E-state index in [-0.39, 0.29) is 17.1 Å². The van der Waals surface area contributed by atoms with Crippen LogP contribution in [-0.4, -0.2) is 36.6 Å². The van der Waals surface area contributed by atoms with Gasteiger partial charge in [-0.15, -0.1) is 10.2 Å². The van der Waals surface area contributed by atoms with E-state index in [1.165, 1.54) is 12.3 Å². The van der Waals surface area contributed by atoms with Crippen LogP contribution in [0.15, 0.2) is 24.4 Å². The van der Waals surface area contributed by atoms with Gasteiger partial charge < -0.3 is 10.4 Å². The first-order valence-electron chi connectivity index (χ1n) is 5.65. The lowest BCUT2D eigenvalue weighted by Crippen LogP contribution is -2.03. The number of aromatic nitrogens is 4. The summed E-state index contributed by atoms with van der Waals surface area (Å²) in [6, 6.07) is 5.30. The average molecular weight is 301 g/mol. The van der Waals surface area contributed by atoms with Crippen molar-refractivity contribution in [1.82, 2.24) is 20.6 Å². The Morgan fingerprint density at radius 2 is 2.32 bits per heavy atom. The smallest absolute Gasteiger partial charge is 0.342 e. The molecule has 0 aliphatic carbocycles. The van der Waals surface area contributed by atoms with Gasteiger partial charge in [0.25, 0.3) is 5.69 Å². The van der Waals surface area contributed by atoms with Crippen LogP contribution in [0.25, 0.3) is 5.57 Å². The van der Waals surface area contributed by atoms with Crippen molar-refractivity contribution in [2.75, 3.05) is 5.32 Å². The third-order valence-electron chi connectivity index (χ3n) is 2.51. The van der Waals surface area contributed by atoms with Crippen LogP contribution in [0.1, 0.15) is 16.2 Å². The van der Waals surface area contributed by atoms with Gasteiger partial charge in [0.2, 0.25) is 5.82 Å². The summed E-state index contributed by atoms with van der Waals surface area (Å²) in [5, 5.41) is 44.1. The molecule has 2 rings (SSSR count). The normalized spacial score (nSPS) is 10.8. The summed E-state index contributed by atoms with van der Waals surface area (Å²) in [7, 11) is 0. The number of hydrogen-bond acceptors (Lipinski definition) is 8. The number of rotatable bonds is 5. The Bertz CT molecular complexity index is 791. The largest absolute Gasteiger partial charge is 0.477 e. The summed E-state index contributed by atoms with van der Waals surface area (Å²) in [6.45, 7) is 0. The number of nitriles is 1. The van der Waals surface area contributed by atoms with Gasteiger partial charge in [-0.25, -0.2) is 4.79 Å². The van der Waals surface area contributed by atoms with Gasteiger partial charge in [-0.05, 0) is 17.3 Å². The molecular weight excluding hydrogens is 294 g/mol. The molecule has 0 spiro atoms. The summed E-state index contributed by atoms with van der Waals surface area (Å²) < 4.78 is 0. The van der Waals surface area contributed by atoms with Gasteiger partial charge in [0, 0.05) is 18.0 Å². The van der Waals surface area contributed by atoms with Crippen molar-refractivity contribution in [3.8, 4) is 6.07 Å². The van der Waals surface area contributed by atoms with Crippen molar-refractivity contribution >= 4 is 22.9 Å². The standard InChI is InChI=1S/C11H7N7O4/c12-4-6(10-14-16-17-15-10)5-13-7-1-2-8(11(19)20)9(3-7)18(21)22/h1-3,5,13H,(H,19,20)(H,14,15,16,17). The number of carboxylic acid groups (broad SMARTS) is 1. The van der Waals surface area contributed by atoms with Crippen LogP contribution in [0.3, 0.4) is 0 Å². The number of benzene rings is 1. The summed E-state index contributed by atoms with van der Waals surface area (Å²) in [6.07, 6.45) is 1.23. The quantitative estimate of drug-likeness (QED) is 0.410. The molecule has 0 aliphatic rings. The van der Waals surface area contributed by atoms with Crippen LogP contribution < -0.4 is 5.32 Å². The van der Waals surface area contributed by atoms with E-state index in [1.807, 2.05) is 6.07 Å². The zero-order valence-electron chi connectivity index (χ0n) is 10.7. The number of allylic oxidation sites excluding steroid dienone is 1. The summed E-state index contributed by atoms with van der Waals surface area (Å²) in [4.78, 5) is 21.0. The molecule has 0 atom stereocenters. The van der Waals surface area contributed by atoms with E-state index in [1.54, 1.807) is 0 Å². The topological polar surface area (TPSA) is 171 Å². The number of nitro benzene ring substituents is 1. The molecule has 0 saturated carbocycles. The third-order valence-corrected chi connectivity index (χ3v) is 2.51. The number of carbonyl (C=O) groups is 1. The molecule has 2 aromatic rings. The number of anilines is 1. The minimum absolute atomic E-state index is 0.0405. The maximum atomic E-state index is 10.9. The first-order chi connectivity index (χ1) is 10.5. The second kappa shape index (κ2) is 6.09. The van der Waals surface area contributed by atoms with Crippen LogP contribution in [0.4, 0.5) is 11.4 Å². The van der Waals surface area contributed by atoms with Gasteiger partial charge in [-0.2, -0.15) is 10.5 Å². The second-order valence-corrected chi connectivity index (χ2v) is 3.84. The number of tetrazole rings is 1. The van der Waals surface area contributed by atoms with Crippen molar-refractivity contribution in [2.24, 2.45) is 0 Å². The summed E-state index contributed by atoms with van der Waals surface area (Å²) in [5.41, 5.74) is -0.728. The zero-order valence-corrected chi connectivity index (χ0v) is 10.7. The highest BCUT2D eigenvalue weighted by Crippen LogP contribution is 2.23. The molecule has 0 amide bonds. The first-order valence-corrected chi connectivity index (χ1v) is 5.65. The molecule has 110 valence electrons. The highest BCUT2D eigenvalue weighted by molar-refractivity contribution is 5.93. The Labute approximate surface area is 122 Å². The molecule has 1 aromatic heterocycles. The Balaban J connectivity index is 2.31. The van der Waals surface area contributed by atoms with E-state index in [9.17, 15) is 14.9 Å². The van der Waals surface area contributed by atoms with Crippen LogP contribution >= 0.6 is 0 Å². The number of carboxylic acids is 1. The Morgan fingerprint density at radius 3 is 2.86 bits per heavy atom. The maximum absolute atomic E-state index is 10.9. The number of nitro groups is 1. The molecule has 22 heavy (non-hydrogen) atoms. The molecule has 0 unspecified atom stereocenters. The lowest BCUT2D eigenvalue weighted by Gasteiger charge is -2.03. The Hall–Kier alpha value is -3.81. The SMILES string of the molecule is N#CC(=CNc1ccc(C(=O)O)c([N+](=O)[O-])c1)c1nn[nH]n1. The predicted molar refractivity (Wildman–Crippen MR) is 71.4 cm³/mol. The third kappa shape index (κ3) is 3.02. The second-order valence-electron chi connectivity index (χ2n) is 3.84. The van der Waals surface area contributed by atoms with Crippen LogP contribution in [0.2, 0.25) is 0 Å². The van der Waals surface area contributed by atoms with Gasteiger partial charge in [0.05, 0.1) is 4.92 Å². The Morgan fingerprint density at radius 1 is 1.55 bits per heavy atom. The zero-order chi connectivity index (χ0) is 16.1. The number of H-pyrrole nitrogens is 1. The molecule has 11 heteroatoms. The fourth-order valence-electron chi connectivity index (χ4n) is 1.53. The molecule has 0 aliphatic heterocycles. The van der Waals surface area contributed by atoms with Crippen LogP contribution in [-0.2, 0) is 0 Å². The number of aromatic carboxylic acids is 1. The van der Waals surface area contributed by atoms with Gasteiger partial charge in [-0.1, -0.05) is 0 Å². The fraction of sp³-hybridized carbons (Fsp3) is 0. The van der Waals surface area contributed by atoms with Gasteiger partial charge in [0.1, 0.15) is 17.2 Å². The van der Waals surface area contributed by atoms with Gasteiger partial charge in [-0.3, -0.25) is 10.1 Å². The molecule has 0 radical (unpaired) electrons. The van der Waals surface area contributed by atoms with E-state index in [2.05, 4.69) is 25.9 Å². The minimum Gasteiger partial charge on any atom is -0.477 e. The molecule has 0 saturated heterocycles. The lowest BCUT2D eigenvalue weighted by atomic mass is 10.1. The molecule has 1 heterocycles. The van der Waals surface area contributed by atoms with E-state index < -0.39 is 22.1 Å². The monoisotopic (exact) mass is 301 g/mol. The first kappa shape index (κ1) is 14.6. The van der Waals surface area contributed by atoms with Crippen molar-refractivity contribution in [3.63, 3.8) is 0 Å². The molecule has 0 bridgehead atoms. The highest BCUT2D eigenvalue weighted by atomic mass is 16.6. The van der Waals surface area contributed by atoms with E-state index in [0.717, 1.165) is 12.1 Å². The number of nitrogens with one attached hydrogen (secondary N) is 2. The van der Waals surface area contributed by atoms with Crippen molar-refractivity contribution in [3.05, 3.63) is 45.9 Å².